The van der Waals surface area contributed by atoms with Crippen LogP contribution in [0, 0.1) is 12.8 Å². The van der Waals surface area contributed by atoms with Gasteiger partial charge in [-0.2, -0.15) is 5.10 Å². The van der Waals surface area contributed by atoms with E-state index in [4.69, 9.17) is 14.6 Å². The third-order valence-electron chi connectivity index (χ3n) is 6.29. The SMILES string of the molecule is CCCC(=O)OC[C@@H](O)CN(Cc1c(-c2ccccc2)nn(C)c1Oc1cccc(C)c1)CC1CC1. The fourth-order valence-electron chi connectivity index (χ4n) is 4.35. The van der Waals surface area contributed by atoms with Crippen LogP contribution in [0.3, 0.4) is 0 Å². The Morgan fingerprint density at radius 1 is 1.19 bits per heavy atom. The highest BCUT2D eigenvalue weighted by atomic mass is 16.5. The molecule has 0 unspecified atom stereocenters. The summed E-state index contributed by atoms with van der Waals surface area (Å²) in [6.45, 7) is 5.82. The number of rotatable bonds is 13. The van der Waals surface area contributed by atoms with E-state index < -0.39 is 6.10 Å². The van der Waals surface area contributed by atoms with Crippen LogP contribution in [0.5, 0.6) is 11.6 Å². The molecule has 192 valence electrons. The van der Waals surface area contributed by atoms with Gasteiger partial charge in [-0.1, -0.05) is 49.4 Å². The van der Waals surface area contributed by atoms with Gasteiger partial charge in [0.05, 0.1) is 5.56 Å². The molecular formula is C29H37N3O4. The zero-order valence-corrected chi connectivity index (χ0v) is 21.5. The topological polar surface area (TPSA) is 76.8 Å². The van der Waals surface area contributed by atoms with Gasteiger partial charge in [0.1, 0.15) is 24.2 Å². The van der Waals surface area contributed by atoms with Crippen molar-refractivity contribution >= 4 is 5.97 Å². The number of hydrogen-bond acceptors (Lipinski definition) is 6. The largest absolute Gasteiger partial charge is 0.463 e. The first-order valence-electron chi connectivity index (χ1n) is 12.8. The molecule has 3 aromatic rings. The molecule has 1 aliphatic carbocycles. The molecule has 1 saturated carbocycles. The van der Waals surface area contributed by atoms with E-state index in [2.05, 4.69) is 17.0 Å². The molecule has 2 aromatic carbocycles. The monoisotopic (exact) mass is 491 g/mol. The third kappa shape index (κ3) is 7.18. The van der Waals surface area contributed by atoms with Crippen LogP contribution >= 0.6 is 0 Å². The van der Waals surface area contributed by atoms with Crippen LogP contribution in [-0.2, 0) is 23.1 Å². The van der Waals surface area contributed by atoms with Crippen molar-refractivity contribution in [3.63, 3.8) is 0 Å². The molecule has 0 saturated heterocycles. The van der Waals surface area contributed by atoms with E-state index in [9.17, 15) is 9.90 Å². The van der Waals surface area contributed by atoms with Crippen molar-refractivity contribution in [3.8, 4) is 22.9 Å². The number of benzene rings is 2. The lowest BCUT2D eigenvalue weighted by atomic mass is 10.1. The second-order valence-electron chi connectivity index (χ2n) is 9.76. The van der Waals surface area contributed by atoms with Crippen molar-refractivity contribution < 1.29 is 19.4 Å². The van der Waals surface area contributed by atoms with Crippen molar-refractivity contribution in [3.05, 3.63) is 65.7 Å². The highest BCUT2D eigenvalue weighted by molar-refractivity contribution is 5.69. The summed E-state index contributed by atoms with van der Waals surface area (Å²) in [6, 6.07) is 18.1. The molecule has 4 rings (SSSR count). The lowest BCUT2D eigenvalue weighted by molar-refractivity contribution is -0.147. The number of ether oxygens (including phenoxy) is 2. The number of esters is 1. The first kappa shape index (κ1) is 25.9. The van der Waals surface area contributed by atoms with Gasteiger partial charge in [-0.3, -0.25) is 9.69 Å². The van der Waals surface area contributed by atoms with Crippen LogP contribution in [0.2, 0.25) is 0 Å². The fraction of sp³-hybridized carbons (Fsp3) is 0.448. The number of aromatic nitrogens is 2. The van der Waals surface area contributed by atoms with Crippen LogP contribution < -0.4 is 4.74 Å². The van der Waals surface area contributed by atoms with E-state index in [0.717, 1.165) is 41.1 Å². The Morgan fingerprint density at radius 2 is 1.97 bits per heavy atom. The van der Waals surface area contributed by atoms with Crippen molar-refractivity contribution in [2.45, 2.75) is 52.2 Å². The Bertz CT molecular complexity index is 1140. The Balaban J connectivity index is 1.60. The molecule has 1 atom stereocenters. The first-order chi connectivity index (χ1) is 17.4. The van der Waals surface area contributed by atoms with Crippen molar-refractivity contribution in [1.29, 1.82) is 0 Å². The fourth-order valence-corrected chi connectivity index (χ4v) is 4.35. The van der Waals surface area contributed by atoms with Crippen molar-refractivity contribution in [2.75, 3.05) is 19.7 Å². The summed E-state index contributed by atoms with van der Waals surface area (Å²) in [5.41, 5.74) is 3.98. The Morgan fingerprint density at radius 3 is 2.67 bits per heavy atom. The molecule has 0 aliphatic heterocycles. The van der Waals surface area contributed by atoms with Gasteiger partial charge in [-0.15, -0.1) is 0 Å². The number of nitrogens with zero attached hydrogens (tertiary/aromatic N) is 3. The molecular weight excluding hydrogens is 454 g/mol. The molecule has 1 fully saturated rings. The predicted molar refractivity (Wildman–Crippen MR) is 140 cm³/mol. The van der Waals surface area contributed by atoms with Gasteiger partial charge in [0.25, 0.3) is 0 Å². The molecule has 0 amide bonds. The maximum absolute atomic E-state index is 11.8. The second-order valence-corrected chi connectivity index (χ2v) is 9.76. The number of hydrogen-bond donors (Lipinski definition) is 1. The van der Waals surface area contributed by atoms with Crippen LogP contribution in [0.1, 0.15) is 43.7 Å². The van der Waals surface area contributed by atoms with Gasteiger partial charge in [0, 0.05) is 38.7 Å². The molecule has 36 heavy (non-hydrogen) atoms. The second kappa shape index (κ2) is 12.2. The number of aliphatic hydroxyl groups excluding tert-OH is 1. The highest BCUT2D eigenvalue weighted by Gasteiger charge is 2.29. The first-order valence-corrected chi connectivity index (χ1v) is 12.8. The molecule has 0 bridgehead atoms. The molecule has 0 spiro atoms. The Kier molecular flexibility index (Phi) is 8.78. The Labute approximate surface area is 213 Å². The molecule has 1 aromatic heterocycles. The predicted octanol–water partition coefficient (Wildman–Crippen LogP) is 5.10. The van der Waals surface area contributed by atoms with Gasteiger partial charge in [-0.25, -0.2) is 4.68 Å². The molecule has 0 radical (unpaired) electrons. The molecule has 1 aliphatic rings. The number of aliphatic hydroxyl groups is 1. The zero-order valence-electron chi connectivity index (χ0n) is 21.5. The summed E-state index contributed by atoms with van der Waals surface area (Å²) in [5, 5.41) is 15.5. The number of aryl methyl sites for hydroxylation is 2. The van der Waals surface area contributed by atoms with E-state index in [-0.39, 0.29) is 12.6 Å². The average molecular weight is 492 g/mol. The van der Waals surface area contributed by atoms with Crippen LogP contribution in [0.25, 0.3) is 11.3 Å². The quantitative estimate of drug-likeness (QED) is 0.335. The van der Waals surface area contributed by atoms with E-state index in [0.29, 0.717) is 31.3 Å². The lowest BCUT2D eigenvalue weighted by Crippen LogP contribution is -2.36. The normalized spacial score (nSPS) is 14.1. The summed E-state index contributed by atoms with van der Waals surface area (Å²) < 4.78 is 13.5. The van der Waals surface area contributed by atoms with Gasteiger partial charge in [-0.05, 0) is 49.8 Å². The molecule has 1 heterocycles. The van der Waals surface area contributed by atoms with E-state index in [1.54, 1.807) is 4.68 Å². The highest BCUT2D eigenvalue weighted by Crippen LogP contribution is 2.36. The van der Waals surface area contributed by atoms with Gasteiger partial charge in [0.15, 0.2) is 0 Å². The van der Waals surface area contributed by atoms with Crippen LogP contribution in [-0.4, -0.2) is 51.6 Å². The minimum absolute atomic E-state index is 0.00519. The van der Waals surface area contributed by atoms with E-state index >= 15 is 0 Å². The summed E-state index contributed by atoms with van der Waals surface area (Å²) in [5.74, 6) is 1.80. The van der Waals surface area contributed by atoms with Crippen molar-refractivity contribution in [1.82, 2.24) is 14.7 Å². The smallest absolute Gasteiger partial charge is 0.305 e. The maximum Gasteiger partial charge on any atom is 0.305 e. The summed E-state index contributed by atoms with van der Waals surface area (Å²) in [4.78, 5) is 14.0. The number of carbonyl (C=O) groups is 1. The lowest BCUT2D eigenvalue weighted by Gasteiger charge is -2.25. The standard InChI is InChI=1S/C29H37N3O4/c1-4-9-27(34)35-20-24(33)18-32(17-22-14-15-22)19-26-28(23-11-6-5-7-12-23)30-31(3)29(26)36-25-13-8-10-21(2)16-25/h5-8,10-13,16,22,24,33H,4,9,14-15,17-20H2,1-3H3/t24-/m0/s1. The van der Waals surface area contributed by atoms with Gasteiger partial charge < -0.3 is 14.6 Å². The van der Waals surface area contributed by atoms with E-state index in [1.807, 2.05) is 63.4 Å². The number of carbonyl (C=O) groups excluding carboxylic acids is 1. The summed E-state index contributed by atoms with van der Waals surface area (Å²) >= 11 is 0. The maximum atomic E-state index is 11.8. The third-order valence-corrected chi connectivity index (χ3v) is 6.29. The van der Waals surface area contributed by atoms with Gasteiger partial charge in [0.2, 0.25) is 5.88 Å². The van der Waals surface area contributed by atoms with Crippen LogP contribution in [0.15, 0.2) is 54.6 Å². The van der Waals surface area contributed by atoms with E-state index in [1.165, 1.54) is 12.8 Å². The summed E-state index contributed by atoms with van der Waals surface area (Å²) in [7, 11) is 1.90. The van der Waals surface area contributed by atoms with Crippen molar-refractivity contribution in [2.24, 2.45) is 13.0 Å². The minimum atomic E-state index is -0.762. The van der Waals surface area contributed by atoms with Crippen LogP contribution in [0.4, 0.5) is 0 Å². The zero-order chi connectivity index (χ0) is 25.5. The Hall–Kier alpha value is -3.16. The summed E-state index contributed by atoms with van der Waals surface area (Å²) in [6.07, 6.45) is 2.74. The molecule has 7 heteroatoms. The molecule has 7 nitrogen and oxygen atoms in total. The minimum Gasteiger partial charge on any atom is -0.463 e. The average Bonchev–Trinajstić information content (AvgIpc) is 3.63. The molecule has 1 N–H and O–H groups in total. The van der Waals surface area contributed by atoms with Gasteiger partial charge >= 0.3 is 5.97 Å².